The van der Waals surface area contributed by atoms with Gasteiger partial charge in [0.15, 0.2) is 0 Å². The van der Waals surface area contributed by atoms with Crippen LogP contribution in [0.4, 0.5) is 5.69 Å². The van der Waals surface area contributed by atoms with Crippen LogP contribution >= 0.6 is 15.9 Å². The van der Waals surface area contributed by atoms with Gasteiger partial charge in [0.1, 0.15) is 17.6 Å². The molecular formula is C23H19BrN4O2. The Kier molecular flexibility index (Phi) is 4.75. The molecule has 1 N–H and O–H groups in total. The van der Waals surface area contributed by atoms with Gasteiger partial charge in [-0.2, -0.15) is 0 Å². The molecular weight excluding hydrogens is 444 g/mol. The number of anilines is 1. The lowest BCUT2D eigenvalue weighted by Crippen LogP contribution is -2.24. The Morgan fingerprint density at radius 3 is 2.67 bits per heavy atom. The number of aromatic nitrogens is 3. The van der Waals surface area contributed by atoms with Crippen molar-refractivity contribution in [1.82, 2.24) is 14.1 Å². The lowest BCUT2D eigenvalue weighted by Gasteiger charge is -2.08. The molecule has 2 aromatic heterocycles. The first-order valence-electron chi connectivity index (χ1n) is 9.81. The van der Waals surface area contributed by atoms with Gasteiger partial charge < -0.3 is 9.88 Å². The number of hydrogen-bond acceptors (Lipinski definition) is 3. The highest BCUT2D eigenvalue weighted by atomic mass is 79.9. The van der Waals surface area contributed by atoms with Crippen molar-refractivity contribution in [1.29, 1.82) is 0 Å². The van der Waals surface area contributed by atoms with Crippen LogP contribution in [0.3, 0.4) is 0 Å². The first-order chi connectivity index (χ1) is 14.6. The van der Waals surface area contributed by atoms with Crippen molar-refractivity contribution in [2.45, 2.75) is 25.4 Å². The third-order valence-corrected chi connectivity index (χ3v) is 5.74. The topological polar surface area (TPSA) is 68.9 Å². The summed E-state index contributed by atoms with van der Waals surface area (Å²) in [5, 5.41) is 2.90. The van der Waals surface area contributed by atoms with Crippen LogP contribution in [-0.4, -0.2) is 20.0 Å². The Hall–Kier alpha value is -3.19. The van der Waals surface area contributed by atoms with Crippen molar-refractivity contribution in [3.63, 3.8) is 0 Å². The quantitative estimate of drug-likeness (QED) is 0.471. The molecule has 1 aliphatic carbocycles. The summed E-state index contributed by atoms with van der Waals surface area (Å²) in [6.07, 6.45) is 5.47. The van der Waals surface area contributed by atoms with Gasteiger partial charge in [0.25, 0.3) is 5.56 Å². The molecule has 0 atom stereocenters. The number of rotatable bonds is 5. The van der Waals surface area contributed by atoms with Gasteiger partial charge in [0.2, 0.25) is 5.91 Å². The monoisotopic (exact) mass is 462 g/mol. The molecule has 0 unspecified atom stereocenters. The Bertz CT molecular complexity index is 1310. The summed E-state index contributed by atoms with van der Waals surface area (Å²) in [6.45, 7) is 0.0292. The average molecular weight is 463 g/mol. The van der Waals surface area contributed by atoms with E-state index in [4.69, 9.17) is 0 Å². The van der Waals surface area contributed by atoms with E-state index in [0.29, 0.717) is 16.7 Å². The Morgan fingerprint density at radius 2 is 1.93 bits per heavy atom. The molecule has 5 rings (SSSR count). The van der Waals surface area contributed by atoms with Crippen LogP contribution in [0.2, 0.25) is 0 Å². The molecule has 1 aliphatic rings. The fraction of sp³-hybridized carbons (Fsp3) is 0.174. The third-order valence-electron chi connectivity index (χ3n) is 5.25. The van der Waals surface area contributed by atoms with E-state index >= 15 is 0 Å². The largest absolute Gasteiger partial charge is 0.332 e. The van der Waals surface area contributed by atoms with Crippen LogP contribution in [0.5, 0.6) is 0 Å². The molecule has 1 saturated carbocycles. The second kappa shape index (κ2) is 7.57. The molecule has 6 nitrogen and oxygen atoms in total. The normalized spacial score (nSPS) is 13.5. The molecule has 0 spiro atoms. The zero-order valence-corrected chi connectivity index (χ0v) is 17.7. The summed E-state index contributed by atoms with van der Waals surface area (Å²) in [4.78, 5) is 30.6. The van der Waals surface area contributed by atoms with E-state index in [1.165, 1.54) is 0 Å². The van der Waals surface area contributed by atoms with Crippen molar-refractivity contribution < 1.29 is 4.79 Å². The van der Waals surface area contributed by atoms with Gasteiger partial charge in [0, 0.05) is 28.0 Å². The van der Waals surface area contributed by atoms with Gasteiger partial charge >= 0.3 is 0 Å². The number of nitrogens with one attached hydrogen (secondary N) is 1. The van der Waals surface area contributed by atoms with Crippen molar-refractivity contribution in [2.24, 2.45) is 0 Å². The van der Waals surface area contributed by atoms with E-state index in [1.807, 2.05) is 60.8 Å². The maximum Gasteiger partial charge on any atom is 0.278 e. The number of carbonyl (C=O) groups excluding carboxylic acids is 1. The number of carbonyl (C=O) groups is 1. The number of nitrogens with zero attached hydrogens (tertiary/aromatic N) is 3. The first kappa shape index (κ1) is 18.8. The molecule has 0 saturated heterocycles. The molecule has 0 bridgehead atoms. The lowest BCUT2D eigenvalue weighted by atomic mass is 10.1. The van der Waals surface area contributed by atoms with Crippen LogP contribution in [-0.2, 0) is 11.3 Å². The van der Waals surface area contributed by atoms with Crippen LogP contribution in [0, 0.1) is 0 Å². The summed E-state index contributed by atoms with van der Waals surface area (Å²) in [5.74, 6) is -0.203. The Morgan fingerprint density at radius 1 is 1.13 bits per heavy atom. The number of halogens is 1. The summed E-state index contributed by atoms with van der Waals surface area (Å²) < 4.78 is 4.30. The minimum atomic E-state index is -0.203. The molecule has 4 aromatic rings. The smallest absolute Gasteiger partial charge is 0.278 e. The molecule has 0 aliphatic heterocycles. The maximum atomic E-state index is 13.2. The summed E-state index contributed by atoms with van der Waals surface area (Å²) in [5.41, 5.74) is 3.50. The molecule has 150 valence electrons. The molecule has 2 heterocycles. The van der Waals surface area contributed by atoms with Crippen molar-refractivity contribution >= 4 is 38.6 Å². The first-order valence-corrected chi connectivity index (χ1v) is 10.6. The predicted molar refractivity (Wildman–Crippen MR) is 120 cm³/mol. The Balaban J connectivity index is 1.57. The van der Waals surface area contributed by atoms with Gasteiger partial charge in [-0.25, -0.2) is 4.98 Å². The standard InChI is InChI=1S/C23H19BrN4O2/c24-16-7-4-8-17(11-16)26-20(29)13-27-12-19(15-5-2-1-3-6-15)21-22(27)23(30)28(14-25-21)18-9-10-18/h1-8,11-12,14,18H,9-10,13H2,(H,26,29). The van der Waals surface area contributed by atoms with Gasteiger partial charge in [-0.3, -0.25) is 14.2 Å². The average Bonchev–Trinajstić information content (AvgIpc) is 3.51. The number of hydrogen-bond donors (Lipinski definition) is 1. The highest BCUT2D eigenvalue weighted by Gasteiger charge is 2.27. The lowest BCUT2D eigenvalue weighted by molar-refractivity contribution is -0.116. The van der Waals surface area contributed by atoms with E-state index in [0.717, 1.165) is 28.4 Å². The molecule has 0 radical (unpaired) electrons. The van der Waals surface area contributed by atoms with E-state index in [9.17, 15) is 9.59 Å². The molecule has 1 fully saturated rings. The minimum Gasteiger partial charge on any atom is -0.332 e. The zero-order chi connectivity index (χ0) is 20.7. The van der Waals surface area contributed by atoms with Crippen LogP contribution in [0.1, 0.15) is 18.9 Å². The highest BCUT2D eigenvalue weighted by Crippen LogP contribution is 2.34. The SMILES string of the molecule is O=C(Cn1cc(-c2ccccc2)c2ncn(C3CC3)c(=O)c21)Nc1cccc(Br)c1. The maximum absolute atomic E-state index is 13.2. The molecule has 2 aromatic carbocycles. The molecule has 1 amide bonds. The van der Waals surface area contributed by atoms with Crippen LogP contribution in [0.15, 0.2) is 76.4 Å². The van der Waals surface area contributed by atoms with Crippen molar-refractivity contribution in [2.75, 3.05) is 5.32 Å². The minimum absolute atomic E-state index is 0.0292. The van der Waals surface area contributed by atoms with E-state index < -0.39 is 0 Å². The predicted octanol–water partition coefficient (Wildman–Crippen LogP) is 4.60. The molecule has 30 heavy (non-hydrogen) atoms. The van der Waals surface area contributed by atoms with E-state index in [2.05, 4.69) is 26.2 Å². The molecule has 7 heteroatoms. The second-order valence-electron chi connectivity index (χ2n) is 7.48. The van der Waals surface area contributed by atoms with Crippen LogP contribution in [0.25, 0.3) is 22.2 Å². The van der Waals surface area contributed by atoms with Crippen molar-refractivity contribution in [3.8, 4) is 11.1 Å². The summed E-state index contributed by atoms with van der Waals surface area (Å²) in [6, 6.07) is 17.4. The second-order valence-corrected chi connectivity index (χ2v) is 8.40. The zero-order valence-electron chi connectivity index (χ0n) is 16.1. The fourth-order valence-corrected chi connectivity index (χ4v) is 4.08. The fourth-order valence-electron chi connectivity index (χ4n) is 3.68. The van der Waals surface area contributed by atoms with Gasteiger partial charge in [-0.1, -0.05) is 52.3 Å². The van der Waals surface area contributed by atoms with Gasteiger partial charge in [-0.05, 0) is 36.6 Å². The van der Waals surface area contributed by atoms with Crippen LogP contribution < -0.4 is 10.9 Å². The Labute approximate surface area is 181 Å². The summed E-state index contributed by atoms with van der Waals surface area (Å²) >= 11 is 3.41. The third kappa shape index (κ3) is 3.57. The van der Waals surface area contributed by atoms with Gasteiger partial charge in [0.05, 0.1) is 6.33 Å². The number of fused-ring (bicyclic) bond motifs is 1. The van der Waals surface area contributed by atoms with Crippen molar-refractivity contribution in [3.05, 3.63) is 81.9 Å². The van der Waals surface area contributed by atoms with E-state index in [1.54, 1.807) is 15.5 Å². The number of amides is 1. The summed E-state index contributed by atoms with van der Waals surface area (Å²) in [7, 11) is 0. The highest BCUT2D eigenvalue weighted by molar-refractivity contribution is 9.10. The van der Waals surface area contributed by atoms with Gasteiger partial charge in [-0.15, -0.1) is 0 Å². The van der Waals surface area contributed by atoms with E-state index in [-0.39, 0.29) is 24.1 Å². The number of benzene rings is 2.